The average molecular weight is 164 g/mol. The molecule has 0 aromatic heterocycles. The SMILES string of the molecule is CO[C@H]1C(O)OC[C@H](O)[C@@H]1O. The molecule has 11 heavy (non-hydrogen) atoms. The van der Waals surface area contributed by atoms with Crippen molar-refractivity contribution in [1.82, 2.24) is 0 Å². The molecule has 0 aromatic rings. The van der Waals surface area contributed by atoms with Gasteiger partial charge in [0.15, 0.2) is 6.29 Å². The van der Waals surface area contributed by atoms with Gasteiger partial charge in [-0.3, -0.25) is 0 Å². The topological polar surface area (TPSA) is 79.2 Å². The molecule has 0 saturated carbocycles. The fourth-order valence-electron chi connectivity index (χ4n) is 1.03. The van der Waals surface area contributed by atoms with Crippen LogP contribution in [-0.4, -0.2) is 53.6 Å². The molecule has 1 aliphatic heterocycles. The Morgan fingerprint density at radius 1 is 1.36 bits per heavy atom. The quantitative estimate of drug-likeness (QED) is 0.420. The Labute approximate surface area is 64.2 Å². The van der Waals surface area contributed by atoms with Gasteiger partial charge in [-0.2, -0.15) is 0 Å². The maximum Gasteiger partial charge on any atom is 0.183 e. The highest BCUT2D eigenvalue weighted by molar-refractivity contribution is 4.82. The van der Waals surface area contributed by atoms with Gasteiger partial charge >= 0.3 is 0 Å². The van der Waals surface area contributed by atoms with E-state index in [9.17, 15) is 5.11 Å². The van der Waals surface area contributed by atoms with E-state index in [1.165, 1.54) is 7.11 Å². The maximum absolute atomic E-state index is 9.19. The molecule has 0 aliphatic carbocycles. The molecule has 1 fully saturated rings. The third-order valence-corrected chi connectivity index (χ3v) is 1.72. The molecule has 0 amide bonds. The summed E-state index contributed by atoms with van der Waals surface area (Å²) >= 11 is 0. The second-order valence-corrected chi connectivity index (χ2v) is 2.48. The molecule has 0 spiro atoms. The second-order valence-electron chi connectivity index (χ2n) is 2.48. The Bertz CT molecular complexity index is 128. The zero-order valence-electron chi connectivity index (χ0n) is 6.17. The first kappa shape index (κ1) is 8.89. The Kier molecular flexibility index (Phi) is 2.80. The molecular weight excluding hydrogens is 152 g/mol. The summed E-state index contributed by atoms with van der Waals surface area (Å²) < 4.78 is 9.39. The molecular formula is C6H12O5. The van der Waals surface area contributed by atoms with E-state index < -0.39 is 24.6 Å². The number of hydrogen-bond acceptors (Lipinski definition) is 5. The lowest BCUT2D eigenvalue weighted by Gasteiger charge is -2.34. The van der Waals surface area contributed by atoms with Crippen molar-refractivity contribution in [3.8, 4) is 0 Å². The molecule has 4 atom stereocenters. The van der Waals surface area contributed by atoms with Crippen LogP contribution in [0.5, 0.6) is 0 Å². The lowest BCUT2D eigenvalue weighted by molar-refractivity contribution is -0.258. The molecule has 0 bridgehead atoms. The van der Waals surface area contributed by atoms with Gasteiger partial charge in [0.2, 0.25) is 0 Å². The normalized spacial score (nSPS) is 45.8. The van der Waals surface area contributed by atoms with Crippen molar-refractivity contribution < 1.29 is 24.8 Å². The van der Waals surface area contributed by atoms with Gasteiger partial charge in [0.05, 0.1) is 6.61 Å². The molecule has 1 heterocycles. The first-order chi connectivity index (χ1) is 5.16. The van der Waals surface area contributed by atoms with Gasteiger partial charge < -0.3 is 24.8 Å². The van der Waals surface area contributed by atoms with Crippen LogP contribution in [0.3, 0.4) is 0 Å². The third-order valence-electron chi connectivity index (χ3n) is 1.72. The zero-order valence-corrected chi connectivity index (χ0v) is 6.17. The Hall–Kier alpha value is -0.200. The van der Waals surface area contributed by atoms with E-state index in [1.807, 2.05) is 0 Å². The van der Waals surface area contributed by atoms with E-state index in [0.29, 0.717) is 0 Å². The first-order valence-corrected chi connectivity index (χ1v) is 3.35. The summed E-state index contributed by atoms with van der Waals surface area (Å²) in [6, 6.07) is 0. The molecule has 5 heteroatoms. The summed E-state index contributed by atoms with van der Waals surface area (Å²) in [5.41, 5.74) is 0. The number of ether oxygens (including phenoxy) is 2. The van der Waals surface area contributed by atoms with E-state index in [4.69, 9.17) is 14.9 Å². The van der Waals surface area contributed by atoms with Crippen LogP contribution in [0.15, 0.2) is 0 Å². The van der Waals surface area contributed by atoms with Gasteiger partial charge in [0, 0.05) is 7.11 Å². The van der Waals surface area contributed by atoms with E-state index in [1.54, 1.807) is 0 Å². The van der Waals surface area contributed by atoms with Crippen molar-refractivity contribution in [1.29, 1.82) is 0 Å². The van der Waals surface area contributed by atoms with Gasteiger partial charge in [0.1, 0.15) is 18.3 Å². The highest BCUT2D eigenvalue weighted by Gasteiger charge is 2.37. The molecule has 1 rings (SSSR count). The van der Waals surface area contributed by atoms with Crippen LogP contribution in [0.4, 0.5) is 0 Å². The van der Waals surface area contributed by atoms with Crippen molar-refractivity contribution in [3.05, 3.63) is 0 Å². The van der Waals surface area contributed by atoms with Gasteiger partial charge in [-0.15, -0.1) is 0 Å². The Balaban J connectivity index is 2.55. The standard InChI is InChI=1S/C6H12O5/c1-10-5-4(8)3(7)2-11-6(5)9/h3-9H,2H2,1H3/t3-,4-,5+,6?/m0/s1. The second kappa shape index (κ2) is 3.46. The van der Waals surface area contributed by atoms with Crippen molar-refractivity contribution in [2.75, 3.05) is 13.7 Å². The van der Waals surface area contributed by atoms with Crippen LogP contribution in [0.1, 0.15) is 0 Å². The molecule has 5 nitrogen and oxygen atoms in total. The van der Waals surface area contributed by atoms with Gasteiger partial charge in [-0.05, 0) is 0 Å². The lowest BCUT2D eigenvalue weighted by Crippen LogP contribution is -2.53. The molecule has 1 saturated heterocycles. The minimum atomic E-state index is -1.15. The average Bonchev–Trinajstić information content (AvgIpc) is 1.99. The van der Waals surface area contributed by atoms with Crippen LogP contribution < -0.4 is 0 Å². The largest absolute Gasteiger partial charge is 0.388 e. The number of aliphatic hydroxyl groups excluding tert-OH is 3. The van der Waals surface area contributed by atoms with E-state index in [-0.39, 0.29) is 6.61 Å². The summed E-state index contributed by atoms with van der Waals surface area (Å²) in [6.07, 6.45) is -4.08. The lowest BCUT2D eigenvalue weighted by atomic mass is 10.1. The Morgan fingerprint density at radius 2 is 2.00 bits per heavy atom. The number of hydrogen-bond donors (Lipinski definition) is 3. The first-order valence-electron chi connectivity index (χ1n) is 3.35. The van der Waals surface area contributed by atoms with Crippen LogP contribution in [0.2, 0.25) is 0 Å². The van der Waals surface area contributed by atoms with Gasteiger partial charge in [0.25, 0.3) is 0 Å². The monoisotopic (exact) mass is 164 g/mol. The Morgan fingerprint density at radius 3 is 2.45 bits per heavy atom. The van der Waals surface area contributed by atoms with Crippen molar-refractivity contribution in [2.24, 2.45) is 0 Å². The van der Waals surface area contributed by atoms with E-state index in [2.05, 4.69) is 4.74 Å². The number of methoxy groups -OCH3 is 1. The van der Waals surface area contributed by atoms with Crippen LogP contribution >= 0.6 is 0 Å². The molecule has 1 unspecified atom stereocenters. The molecule has 0 aromatic carbocycles. The van der Waals surface area contributed by atoms with Crippen LogP contribution in [-0.2, 0) is 9.47 Å². The summed E-state index contributed by atoms with van der Waals surface area (Å²) in [4.78, 5) is 0. The summed E-state index contributed by atoms with van der Waals surface area (Å²) in [5, 5.41) is 27.3. The fraction of sp³-hybridized carbons (Fsp3) is 1.00. The molecule has 1 aliphatic rings. The summed E-state index contributed by atoms with van der Waals surface area (Å²) in [7, 11) is 1.33. The highest BCUT2D eigenvalue weighted by Crippen LogP contribution is 2.15. The van der Waals surface area contributed by atoms with Crippen molar-refractivity contribution in [3.63, 3.8) is 0 Å². The third kappa shape index (κ3) is 1.69. The van der Waals surface area contributed by atoms with Crippen LogP contribution in [0, 0.1) is 0 Å². The molecule has 3 N–H and O–H groups in total. The van der Waals surface area contributed by atoms with Gasteiger partial charge in [-0.1, -0.05) is 0 Å². The fourth-order valence-corrected chi connectivity index (χ4v) is 1.03. The molecule has 0 radical (unpaired) electrons. The minimum Gasteiger partial charge on any atom is -0.388 e. The van der Waals surface area contributed by atoms with Crippen LogP contribution in [0.25, 0.3) is 0 Å². The highest BCUT2D eigenvalue weighted by atomic mass is 16.6. The van der Waals surface area contributed by atoms with Crippen molar-refractivity contribution in [2.45, 2.75) is 24.6 Å². The predicted octanol–water partition coefficient (Wildman–Crippen LogP) is -1.93. The summed E-state index contributed by atoms with van der Waals surface area (Å²) in [6.45, 7) is -0.0673. The predicted molar refractivity (Wildman–Crippen MR) is 34.8 cm³/mol. The molecule has 66 valence electrons. The van der Waals surface area contributed by atoms with Gasteiger partial charge in [-0.25, -0.2) is 0 Å². The van der Waals surface area contributed by atoms with Crippen molar-refractivity contribution >= 4 is 0 Å². The minimum absolute atomic E-state index is 0.0673. The maximum atomic E-state index is 9.19. The number of aliphatic hydroxyl groups is 3. The van der Waals surface area contributed by atoms with E-state index in [0.717, 1.165) is 0 Å². The smallest absolute Gasteiger partial charge is 0.183 e. The summed E-state index contributed by atoms with van der Waals surface area (Å²) in [5.74, 6) is 0. The zero-order chi connectivity index (χ0) is 8.43. The van der Waals surface area contributed by atoms with E-state index >= 15 is 0 Å². The number of rotatable bonds is 1.